The van der Waals surface area contributed by atoms with E-state index in [2.05, 4.69) is 20.8 Å². The lowest BCUT2D eigenvalue weighted by molar-refractivity contribution is 0.0482. The van der Waals surface area contributed by atoms with Crippen molar-refractivity contribution >= 4 is 11.9 Å². The number of carbonyl (C=O) groups excluding carboxylic acids is 2. The van der Waals surface area contributed by atoms with Gasteiger partial charge in [-0.1, -0.05) is 124 Å². The highest BCUT2D eigenvalue weighted by Gasteiger charge is 2.16. The van der Waals surface area contributed by atoms with Gasteiger partial charge in [-0.25, -0.2) is 9.59 Å². The first-order valence-corrected chi connectivity index (χ1v) is 15.6. The minimum Gasteiger partial charge on any atom is -0.462 e. The Morgan fingerprint density at radius 1 is 0.541 bits per heavy atom. The van der Waals surface area contributed by atoms with Gasteiger partial charge in [0.2, 0.25) is 0 Å². The number of hydrogen-bond donors (Lipinski definition) is 0. The standard InChI is InChI=1S/C33H56O4/c1-4-7-10-13-16-17-20-23-29-28-30(32(34)36-26-21-18-14-11-8-5-2)24-25-31(29)33(35)37-27-22-19-15-12-9-6-3/h24-25,28H,4-23,26-27H2,1-3H3. The van der Waals surface area contributed by atoms with Crippen LogP contribution in [-0.4, -0.2) is 25.2 Å². The molecule has 0 saturated carbocycles. The Hall–Kier alpha value is -1.84. The summed E-state index contributed by atoms with van der Waals surface area (Å²) in [6.07, 6.45) is 23.2. The highest BCUT2D eigenvalue weighted by molar-refractivity contribution is 5.94. The Balaban J connectivity index is 2.62. The number of rotatable bonds is 24. The molecule has 4 nitrogen and oxygen atoms in total. The Morgan fingerprint density at radius 2 is 0.973 bits per heavy atom. The summed E-state index contributed by atoms with van der Waals surface area (Å²) < 4.78 is 11.1. The van der Waals surface area contributed by atoms with Crippen molar-refractivity contribution in [3.8, 4) is 0 Å². The van der Waals surface area contributed by atoms with Gasteiger partial charge in [-0.05, 0) is 49.4 Å². The summed E-state index contributed by atoms with van der Waals surface area (Å²) in [5.41, 5.74) is 2.05. The van der Waals surface area contributed by atoms with Gasteiger partial charge in [0, 0.05) is 0 Å². The monoisotopic (exact) mass is 516 g/mol. The number of esters is 2. The third kappa shape index (κ3) is 16.6. The third-order valence-corrected chi connectivity index (χ3v) is 7.07. The van der Waals surface area contributed by atoms with Crippen LogP contribution in [0.4, 0.5) is 0 Å². The number of carbonyl (C=O) groups is 2. The van der Waals surface area contributed by atoms with E-state index in [0.717, 1.165) is 50.5 Å². The fraction of sp³-hybridized carbons (Fsp3) is 0.758. The molecule has 0 aliphatic heterocycles. The summed E-state index contributed by atoms with van der Waals surface area (Å²) in [5.74, 6) is -0.556. The molecule has 0 saturated heterocycles. The normalized spacial score (nSPS) is 11.0. The molecule has 0 heterocycles. The van der Waals surface area contributed by atoms with Crippen molar-refractivity contribution in [1.29, 1.82) is 0 Å². The third-order valence-electron chi connectivity index (χ3n) is 7.07. The van der Waals surface area contributed by atoms with E-state index in [1.165, 1.54) is 83.5 Å². The predicted octanol–water partition coefficient (Wildman–Crippen LogP) is 10.0. The van der Waals surface area contributed by atoms with Crippen molar-refractivity contribution in [1.82, 2.24) is 0 Å². The van der Waals surface area contributed by atoms with Crippen LogP contribution < -0.4 is 0 Å². The Labute approximate surface area is 228 Å². The highest BCUT2D eigenvalue weighted by atomic mass is 16.5. The maximum Gasteiger partial charge on any atom is 0.338 e. The lowest BCUT2D eigenvalue weighted by Gasteiger charge is -2.12. The molecule has 0 N–H and O–H groups in total. The van der Waals surface area contributed by atoms with Gasteiger partial charge in [-0.15, -0.1) is 0 Å². The van der Waals surface area contributed by atoms with Gasteiger partial charge in [-0.2, -0.15) is 0 Å². The SMILES string of the molecule is CCCCCCCCCc1cc(C(=O)OCCCCCCCC)ccc1C(=O)OCCCCCCCC. The lowest BCUT2D eigenvalue weighted by Crippen LogP contribution is -2.12. The molecule has 0 spiro atoms. The van der Waals surface area contributed by atoms with Crippen LogP contribution in [-0.2, 0) is 15.9 Å². The molecule has 1 aromatic rings. The molecule has 0 bridgehead atoms. The minimum absolute atomic E-state index is 0.265. The molecule has 0 aliphatic rings. The van der Waals surface area contributed by atoms with Crippen molar-refractivity contribution in [2.45, 2.75) is 149 Å². The molecule has 37 heavy (non-hydrogen) atoms. The summed E-state index contributed by atoms with van der Waals surface area (Å²) in [5, 5.41) is 0. The van der Waals surface area contributed by atoms with Crippen molar-refractivity contribution in [2.24, 2.45) is 0 Å². The molecule has 0 aliphatic carbocycles. The topological polar surface area (TPSA) is 52.6 Å². The number of hydrogen-bond acceptors (Lipinski definition) is 4. The van der Waals surface area contributed by atoms with Crippen molar-refractivity contribution in [3.05, 3.63) is 34.9 Å². The van der Waals surface area contributed by atoms with Gasteiger partial charge in [0.15, 0.2) is 0 Å². The average molecular weight is 517 g/mol. The molecule has 0 fully saturated rings. The zero-order valence-corrected chi connectivity index (χ0v) is 24.4. The van der Waals surface area contributed by atoms with Crippen LogP contribution in [0, 0.1) is 0 Å². The number of aryl methyl sites for hydroxylation is 1. The summed E-state index contributed by atoms with van der Waals surface area (Å²) in [4.78, 5) is 25.5. The van der Waals surface area contributed by atoms with Crippen molar-refractivity contribution < 1.29 is 19.1 Å². The van der Waals surface area contributed by atoms with Gasteiger partial charge in [0.05, 0.1) is 24.3 Å². The molecular formula is C33H56O4. The zero-order chi connectivity index (χ0) is 27.0. The molecular weight excluding hydrogens is 460 g/mol. The highest BCUT2D eigenvalue weighted by Crippen LogP contribution is 2.19. The minimum atomic E-state index is -0.290. The van der Waals surface area contributed by atoms with Gasteiger partial charge in [-0.3, -0.25) is 0 Å². The van der Waals surface area contributed by atoms with Crippen LogP contribution in [0.2, 0.25) is 0 Å². The number of unbranched alkanes of at least 4 members (excludes halogenated alkanes) is 16. The second-order valence-corrected chi connectivity index (χ2v) is 10.6. The smallest absolute Gasteiger partial charge is 0.338 e. The van der Waals surface area contributed by atoms with Crippen molar-refractivity contribution in [3.63, 3.8) is 0 Å². The Kier molecular flexibility index (Phi) is 20.9. The summed E-state index contributed by atoms with van der Waals surface area (Å²) in [6, 6.07) is 5.35. The molecule has 0 aromatic heterocycles. The molecule has 1 aromatic carbocycles. The number of benzene rings is 1. The van der Waals surface area contributed by atoms with Crippen LogP contribution >= 0.6 is 0 Å². The van der Waals surface area contributed by atoms with Crippen molar-refractivity contribution in [2.75, 3.05) is 13.2 Å². The molecule has 0 amide bonds. The molecule has 4 heteroatoms. The molecule has 0 atom stereocenters. The molecule has 212 valence electrons. The first-order valence-electron chi connectivity index (χ1n) is 15.6. The summed E-state index contributed by atoms with van der Waals surface area (Å²) in [7, 11) is 0. The largest absolute Gasteiger partial charge is 0.462 e. The molecule has 0 unspecified atom stereocenters. The van der Waals surface area contributed by atoms with Crippen LogP contribution in [0.3, 0.4) is 0 Å². The van der Waals surface area contributed by atoms with Gasteiger partial charge < -0.3 is 9.47 Å². The fourth-order valence-corrected chi connectivity index (χ4v) is 4.65. The predicted molar refractivity (Wildman–Crippen MR) is 155 cm³/mol. The van der Waals surface area contributed by atoms with Gasteiger partial charge in [0.25, 0.3) is 0 Å². The van der Waals surface area contributed by atoms with Crippen LogP contribution in [0.1, 0.15) is 169 Å². The Morgan fingerprint density at radius 3 is 1.49 bits per heavy atom. The zero-order valence-electron chi connectivity index (χ0n) is 24.4. The second-order valence-electron chi connectivity index (χ2n) is 10.6. The number of ether oxygens (including phenoxy) is 2. The van der Waals surface area contributed by atoms with Crippen LogP contribution in [0.15, 0.2) is 18.2 Å². The van der Waals surface area contributed by atoms with Gasteiger partial charge in [0.1, 0.15) is 0 Å². The maximum atomic E-state index is 12.9. The fourth-order valence-electron chi connectivity index (χ4n) is 4.65. The van der Waals surface area contributed by atoms with E-state index in [-0.39, 0.29) is 11.9 Å². The van der Waals surface area contributed by atoms with E-state index in [1.807, 2.05) is 6.07 Å². The van der Waals surface area contributed by atoms with E-state index in [9.17, 15) is 9.59 Å². The average Bonchev–Trinajstić information content (AvgIpc) is 2.91. The summed E-state index contributed by atoms with van der Waals surface area (Å²) >= 11 is 0. The second kappa shape index (κ2) is 23.3. The molecule has 1 rings (SSSR count). The van der Waals surface area contributed by atoms with E-state index >= 15 is 0 Å². The van der Waals surface area contributed by atoms with E-state index in [1.54, 1.807) is 12.1 Å². The van der Waals surface area contributed by atoms with Crippen LogP contribution in [0.25, 0.3) is 0 Å². The van der Waals surface area contributed by atoms with Gasteiger partial charge >= 0.3 is 11.9 Å². The van der Waals surface area contributed by atoms with E-state index < -0.39 is 0 Å². The first-order chi connectivity index (χ1) is 18.1. The van der Waals surface area contributed by atoms with E-state index in [0.29, 0.717) is 24.3 Å². The quantitative estimate of drug-likeness (QED) is 0.101. The maximum absolute atomic E-state index is 12.9. The molecule has 0 radical (unpaired) electrons. The van der Waals surface area contributed by atoms with Crippen LogP contribution in [0.5, 0.6) is 0 Å². The Bertz CT molecular complexity index is 712. The lowest BCUT2D eigenvalue weighted by atomic mass is 9.98. The van der Waals surface area contributed by atoms with E-state index in [4.69, 9.17) is 9.47 Å². The summed E-state index contributed by atoms with van der Waals surface area (Å²) in [6.45, 7) is 7.58. The first kappa shape index (κ1) is 33.2.